The minimum Gasteiger partial charge on any atom is -0.487 e. The number of rotatable bonds is 3. The molecule has 1 aliphatic rings. The van der Waals surface area contributed by atoms with E-state index in [2.05, 4.69) is 6.08 Å². The molecule has 2 rings (SSSR count). The van der Waals surface area contributed by atoms with Crippen LogP contribution in [0.5, 0.6) is 5.75 Å². The van der Waals surface area contributed by atoms with Crippen molar-refractivity contribution in [3.63, 3.8) is 0 Å². The second kappa shape index (κ2) is 5.38. The fourth-order valence-electron chi connectivity index (χ4n) is 2.02. The number of benzene rings is 1. The summed E-state index contributed by atoms with van der Waals surface area (Å²) in [4.78, 5) is 0. The standard InChI is InChI=1S/C13H17BO3/c1-10-7-8-13(12(9-10)14(15)16)17-11-5-3-2-4-6-11/h3,5,7-9,11,15-16H,2,4,6H2,1H3. The van der Waals surface area contributed by atoms with E-state index < -0.39 is 7.12 Å². The monoisotopic (exact) mass is 232 g/mol. The van der Waals surface area contributed by atoms with E-state index in [1.165, 1.54) is 0 Å². The molecule has 2 N–H and O–H groups in total. The van der Waals surface area contributed by atoms with Crippen LogP contribution < -0.4 is 10.2 Å². The van der Waals surface area contributed by atoms with E-state index in [4.69, 9.17) is 4.74 Å². The summed E-state index contributed by atoms with van der Waals surface area (Å²) >= 11 is 0. The van der Waals surface area contributed by atoms with Crippen LogP contribution in [-0.4, -0.2) is 23.3 Å². The third-order valence-electron chi connectivity index (χ3n) is 2.93. The first-order chi connectivity index (χ1) is 8.16. The molecule has 1 aromatic rings. The maximum Gasteiger partial charge on any atom is 0.492 e. The van der Waals surface area contributed by atoms with Crippen molar-refractivity contribution in [2.45, 2.75) is 32.3 Å². The Morgan fingerprint density at radius 2 is 2.18 bits per heavy atom. The minimum atomic E-state index is -1.49. The van der Waals surface area contributed by atoms with Crippen LogP contribution in [0.1, 0.15) is 24.8 Å². The lowest BCUT2D eigenvalue weighted by Gasteiger charge is -2.20. The van der Waals surface area contributed by atoms with Gasteiger partial charge in [-0.15, -0.1) is 0 Å². The molecule has 1 aromatic carbocycles. The summed E-state index contributed by atoms with van der Waals surface area (Å²) in [6.45, 7) is 1.91. The van der Waals surface area contributed by atoms with Gasteiger partial charge in [0.15, 0.2) is 0 Å². The van der Waals surface area contributed by atoms with E-state index in [0.29, 0.717) is 11.2 Å². The number of hydrogen-bond donors (Lipinski definition) is 2. The molecule has 0 heterocycles. The first kappa shape index (κ1) is 12.2. The Bertz CT molecular complexity index is 415. The Hall–Kier alpha value is -1.26. The number of hydrogen-bond acceptors (Lipinski definition) is 3. The van der Waals surface area contributed by atoms with Gasteiger partial charge in [-0.05, 0) is 38.3 Å². The van der Waals surface area contributed by atoms with E-state index in [-0.39, 0.29) is 6.10 Å². The van der Waals surface area contributed by atoms with Crippen molar-refractivity contribution in [2.75, 3.05) is 0 Å². The Morgan fingerprint density at radius 1 is 1.35 bits per heavy atom. The van der Waals surface area contributed by atoms with E-state index in [1.54, 1.807) is 12.1 Å². The fourth-order valence-corrected chi connectivity index (χ4v) is 2.02. The van der Waals surface area contributed by atoms with E-state index in [1.807, 2.05) is 19.1 Å². The topological polar surface area (TPSA) is 49.7 Å². The van der Waals surface area contributed by atoms with Gasteiger partial charge in [-0.1, -0.05) is 23.8 Å². The third kappa shape index (κ3) is 3.11. The molecule has 0 amide bonds. The summed E-state index contributed by atoms with van der Waals surface area (Å²) in [7, 11) is -1.49. The first-order valence-electron chi connectivity index (χ1n) is 5.97. The second-order valence-electron chi connectivity index (χ2n) is 4.43. The summed E-state index contributed by atoms with van der Waals surface area (Å²) in [6, 6.07) is 5.45. The summed E-state index contributed by atoms with van der Waals surface area (Å²) in [5.74, 6) is 0.558. The fraction of sp³-hybridized carbons (Fsp3) is 0.385. The third-order valence-corrected chi connectivity index (χ3v) is 2.93. The molecule has 3 nitrogen and oxygen atoms in total. The van der Waals surface area contributed by atoms with Gasteiger partial charge < -0.3 is 14.8 Å². The molecule has 1 aliphatic carbocycles. The highest BCUT2D eigenvalue weighted by Crippen LogP contribution is 2.18. The van der Waals surface area contributed by atoms with E-state index >= 15 is 0 Å². The quantitative estimate of drug-likeness (QED) is 0.607. The summed E-state index contributed by atoms with van der Waals surface area (Å²) < 4.78 is 5.80. The molecule has 17 heavy (non-hydrogen) atoms. The number of aryl methyl sites for hydroxylation is 1. The molecule has 0 radical (unpaired) electrons. The predicted octanol–water partition coefficient (Wildman–Crippen LogP) is 1.16. The molecule has 0 spiro atoms. The van der Waals surface area contributed by atoms with Gasteiger partial charge in [0, 0.05) is 5.46 Å². The van der Waals surface area contributed by atoms with Crippen LogP contribution in [0.4, 0.5) is 0 Å². The van der Waals surface area contributed by atoms with Gasteiger partial charge in [0.05, 0.1) is 0 Å². The van der Waals surface area contributed by atoms with Crippen LogP contribution in [-0.2, 0) is 0 Å². The molecule has 4 heteroatoms. The average molecular weight is 232 g/mol. The van der Waals surface area contributed by atoms with Crippen LogP contribution in [0, 0.1) is 6.92 Å². The largest absolute Gasteiger partial charge is 0.492 e. The van der Waals surface area contributed by atoms with Gasteiger partial charge in [0.25, 0.3) is 0 Å². The highest BCUT2D eigenvalue weighted by molar-refractivity contribution is 6.59. The Labute approximate surface area is 102 Å². The summed E-state index contributed by atoms with van der Waals surface area (Å²) in [5, 5.41) is 18.6. The zero-order valence-corrected chi connectivity index (χ0v) is 9.97. The van der Waals surface area contributed by atoms with Gasteiger partial charge in [-0.2, -0.15) is 0 Å². The highest BCUT2D eigenvalue weighted by atomic mass is 16.5. The van der Waals surface area contributed by atoms with Crippen molar-refractivity contribution >= 4 is 12.6 Å². The lowest BCUT2D eigenvalue weighted by molar-refractivity contribution is 0.231. The van der Waals surface area contributed by atoms with Gasteiger partial charge in [-0.25, -0.2) is 0 Å². The SMILES string of the molecule is Cc1ccc(OC2C=CCCC2)c(B(O)O)c1. The van der Waals surface area contributed by atoms with Crippen molar-refractivity contribution in [2.24, 2.45) is 0 Å². The molecule has 0 saturated heterocycles. The Balaban J connectivity index is 2.19. The van der Waals surface area contributed by atoms with Gasteiger partial charge >= 0.3 is 7.12 Å². The smallest absolute Gasteiger partial charge is 0.487 e. The molecular formula is C13H17BO3. The van der Waals surface area contributed by atoms with Gasteiger partial charge in [0.2, 0.25) is 0 Å². The van der Waals surface area contributed by atoms with Crippen molar-refractivity contribution in [1.82, 2.24) is 0 Å². The van der Waals surface area contributed by atoms with E-state index in [9.17, 15) is 10.0 Å². The van der Waals surface area contributed by atoms with Crippen LogP contribution >= 0.6 is 0 Å². The van der Waals surface area contributed by atoms with Crippen molar-refractivity contribution in [1.29, 1.82) is 0 Å². The molecule has 0 aromatic heterocycles. The maximum atomic E-state index is 9.32. The first-order valence-corrected chi connectivity index (χ1v) is 5.97. The Morgan fingerprint density at radius 3 is 2.82 bits per heavy atom. The van der Waals surface area contributed by atoms with Crippen molar-refractivity contribution < 1.29 is 14.8 Å². The Kier molecular flexibility index (Phi) is 3.87. The molecule has 0 bridgehead atoms. The number of ether oxygens (including phenoxy) is 1. The molecule has 90 valence electrons. The average Bonchev–Trinajstić information content (AvgIpc) is 2.32. The molecule has 1 unspecified atom stereocenters. The van der Waals surface area contributed by atoms with Crippen LogP contribution in [0.3, 0.4) is 0 Å². The number of allylic oxidation sites excluding steroid dienone is 1. The lowest BCUT2D eigenvalue weighted by atomic mass is 9.79. The molecular weight excluding hydrogens is 215 g/mol. The van der Waals surface area contributed by atoms with Crippen LogP contribution in [0.25, 0.3) is 0 Å². The molecule has 1 atom stereocenters. The molecule has 0 saturated carbocycles. The minimum absolute atomic E-state index is 0.0453. The molecule has 0 aliphatic heterocycles. The lowest BCUT2D eigenvalue weighted by Crippen LogP contribution is -2.33. The van der Waals surface area contributed by atoms with Crippen molar-refractivity contribution in [3.8, 4) is 5.75 Å². The van der Waals surface area contributed by atoms with Crippen LogP contribution in [0.2, 0.25) is 0 Å². The van der Waals surface area contributed by atoms with Crippen molar-refractivity contribution in [3.05, 3.63) is 35.9 Å². The van der Waals surface area contributed by atoms with Gasteiger partial charge in [0.1, 0.15) is 11.9 Å². The zero-order chi connectivity index (χ0) is 12.3. The molecule has 0 fully saturated rings. The van der Waals surface area contributed by atoms with E-state index in [0.717, 1.165) is 24.8 Å². The predicted molar refractivity (Wildman–Crippen MR) is 68.4 cm³/mol. The second-order valence-corrected chi connectivity index (χ2v) is 4.43. The van der Waals surface area contributed by atoms with Crippen LogP contribution in [0.15, 0.2) is 30.4 Å². The van der Waals surface area contributed by atoms with Gasteiger partial charge in [-0.3, -0.25) is 0 Å². The highest BCUT2D eigenvalue weighted by Gasteiger charge is 2.19. The summed E-state index contributed by atoms with van der Waals surface area (Å²) in [6.07, 6.45) is 7.39. The maximum absolute atomic E-state index is 9.32. The summed E-state index contributed by atoms with van der Waals surface area (Å²) in [5.41, 5.74) is 1.42. The normalized spacial score (nSPS) is 19.1. The zero-order valence-electron chi connectivity index (χ0n) is 9.97.